The van der Waals surface area contributed by atoms with Gasteiger partial charge >= 0.3 is 17.6 Å². The predicted molar refractivity (Wildman–Crippen MR) is 85.8 cm³/mol. The van der Waals surface area contributed by atoms with Gasteiger partial charge in [-0.3, -0.25) is 10.1 Å². The highest BCUT2D eigenvalue weighted by Gasteiger charge is 2.21. The molecule has 0 aliphatic heterocycles. The van der Waals surface area contributed by atoms with Crippen LogP contribution in [0.15, 0.2) is 42.5 Å². The van der Waals surface area contributed by atoms with Crippen molar-refractivity contribution in [2.75, 3.05) is 19.0 Å². The van der Waals surface area contributed by atoms with Gasteiger partial charge in [0.15, 0.2) is 0 Å². The minimum atomic E-state index is -1.31. The molecule has 24 heavy (non-hydrogen) atoms. The molecule has 0 aliphatic rings. The number of carbonyl (C=O) groups excluding carboxylic acids is 1. The maximum atomic E-state index is 12.1. The number of esters is 1. The van der Waals surface area contributed by atoms with Gasteiger partial charge in [0.2, 0.25) is 5.75 Å². The molecule has 0 atom stereocenters. The molecule has 8 nitrogen and oxygen atoms in total. The van der Waals surface area contributed by atoms with Gasteiger partial charge in [-0.15, -0.1) is 0 Å². The molecule has 2 rings (SSSR count). The fourth-order valence-corrected chi connectivity index (χ4v) is 1.93. The van der Waals surface area contributed by atoms with Crippen molar-refractivity contribution >= 4 is 23.3 Å². The third-order valence-electron chi connectivity index (χ3n) is 3.22. The van der Waals surface area contributed by atoms with Crippen LogP contribution in [-0.2, 0) is 0 Å². The maximum Gasteiger partial charge on any atom is 0.343 e. The van der Waals surface area contributed by atoms with Gasteiger partial charge in [0, 0.05) is 25.8 Å². The van der Waals surface area contributed by atoms with E-state index in [0.717, 1.165) is 23.9 Å². The van der Waals surface area contributed by atoms with Crippen molar-refractivity contribution in [3.05, 3.63) is 63.7 Å². The van der Waals surface area contributed by atoms with Crippen LogP contribution in [0.1, 0.15) is 20.7 Å². The average molecular weight is 330 g/mol. The number of nitro groups is 1. The highest BCUT2D eigenvalue weighted by atomic mass is 16.6. The van der Waals surface area contributed by atoms with Gasteiger partial charge in [0.25, 0.3) is 0 Å². The van der Waals surface area contributed by atoms with E-state index in [9.17, 15) is 19.7 Å². The molecule has 0 aliphatic carbocycles. The average Bonchev–Trinajstić information content (AvgIpc) is 2.54. The molecule has 0 fully saturated rings. The third kappa shape index (κ3) is 3.67. The highest BCUT2D eigenvalue weighted by Crippen LogP contribution is 2.29. The van der Waals surface area contributed by atoms with Crippen LogP contribution in [0, 0.1) is 10.1 Å². The Bertz CT molecular complexity index is 799. The summed E-state index contributed by atoms with van der Waals surface area (Å²) in [6.45, 7) is 0. The number of rotatable bonds is 5. The quantitative estimate of drug-likeness (QED) is 0.388. The van der Waals surface area contributed by atoms with Crippen LogP contribution < -0.4 is 9.64 Å². The summed E-state index contributed by atoms with van der Waals surface area (Å²) in [6, 6.07) is 9.56. The molecule has 0 unspecified atom stereocenters. The number of anilines is 1. The monoisotopic (exact) mass is 330 g/mol. The summed E-state index contributed by atoms with van der Waals surface area (Å²) in [4.78, 5) is 35.1. The van der Waals surface area contributed by atoms with Crippen molar-refractivity contribution in [2.45, 2.75) is 0 Å². The number of hydrogen-bond acceptors (Lipinski definition) is 6. The summed E-state index contributed by atoms with van der Waals surface area (Å²) in [7, 11) is 3.70. The summed E-state index contributed by atoms with van der Waals surface area (Å²) in [6.07, 6.45) is 0. The molecule has 0 saturated heterocycles. The molecule has 2 aromatic rings. The van der Waals surface area contributed by atoms with Crippen LogP contribution in [0.25, 0.3) is 0 Å². The van der Waals surface area contributed by atoms with E-state index in [1.807, 2.05) is 19.0 Å². The Labute approximate surface area is 137 Å². The Morgan fingerprint density at radius 1 is 1.08 bits per heavy atom. The van der Waals surface area contributed by atoms with Gasteiger partial charge < -0.3 is 14.7 Å². The van der Waals surface area contributed by atoms with Crippen LogP contribution in [0.4, 0.5) is 11.4 Å². The summed E-state index contributed by atoms with van der Waals surface area (Å²) < 4.78 is 5.04. The minimum Gasteiger partial charge on any atom is -0.478 e. The van der Waals surface area contributed by atoms with E-state index in [1.54, 1.807) is 12.1 Å². The van der Waals surface area contributed by atoms with E-state index >= 15 is 0 Å². The first-order chi connectivity index (χ1) is 11.3. The standard InChI is InChI=1S/C16H14N2O6/c1-17(2)12-6-3-10(4-7-12)16(21)24-14-8-5-11(15(19)20)9-13(14)18(22)23/h3-9H,1-2H3,(H,19,20). The molecule has 0 saturated carbocycles. The van der Waals surface area contributed by atoms with Gasteiger partial charge in [0.05, 0.1) is 16.1 Å². The SMILES string of the molecule is CN(C)c1ccc(C(=O)Oc2ccc(C(=O)O)cc2[N+](=O)[O-])cc1. The molecular weight excluding hydrogens is 316 g/mol. The first-order valence-electron chi connectivity index (χ1n) is 6.81. The topological polar surface area (TPSA) is 110 Å². The molecule has 0 bridgehead atoms. The Balaban J connectivity index is 2.28. The highest BCUT2D eigenvalue weighted by molar-refractivity contribution is 5.93. The Hall–Kier alpha value is -3.42. The van der Waals surface area contributed by atoms with Crippen molar-refractivity contribution in [1.29, 1.82) is 0 Å². The number of carbonyl (C=O) groups is 2. The van der Waals surface area contributed by atoms with Crippen molar-refractivity contribution in [3.63, 3.8) is 0 Å². The summed E-state index contributed by atoms with van der Waals surface area (Å²) >= 11 is 0. The molecule has 0 spiro atoms. The predicted octanol–water partition coefficient (Wildman–Crippen LogP) is 2.58. The molecular formula is C16H14N2O6. The Kier molecular flexibility index (Phi) is 4.78. The Morgan fingerprint density at radius 3 is 2.17 bits per heavy atom. The zero-order chi connectivity index (χ0) is 17.9. The molecule has 8 heteroatoms. The van der Waals surface area contributed by atoms with E-state index in [-0.39, 0.29) is 16.9 Å². The number of benzene rings is 2. The summed E-state index contributed by atoms with van der Waals surface area (Å²) in [5.74, 6) is -2.39. The lowest BCUT2D eigenvalue weighted by molar-refractivity contribution is -0.385. The summed E-state index contributed by atoms with van der Waals surface area (Å²) in [5, 5.41) is 19.9. The van der Waals surface area contributed by atoms with Crippen LogP contribution in [0.5, 0.6) is 5.75 Å². The smallest absolute Gasteiger partial charge is 0.343 e. The third-order valence-corrected chi connectivity index (χ3v) is 3.22. The zero-order valence-electron chi connectivity index (χ0n) is 12.9. The lowest BCUT2D eigenvalue weighted by Gasteiger charge is -2.12. The fraction of sp³-hybridized carbons (Fsp3) is 0.125. The van der Waals surface area contributed by atoms with Gasteiger partial charge in [-0.05, 0) is 36.4 Å². The molecule has 0 aromatic heterocycles. The van der Waals surface area contributed by atoms with Crippen LogP contribution >= 0.6 is 0 Å². The van der Waals surface area contributed by atoms with Crippen molar-refractivity contribution in [3.8, 4) is 5.75 Å². The lowest BCUT2D eigenvalue weighted by atomic mass is 10.2. The van der Waals surface area contributed by atoms with Gasteiger partial charge in [-0.2, -0.15) is 0 Å². The molecule has 0 radical (unpaired) electrons. The molecule has 0 amide bonds. The molecule has 1 N–H and O–H groups in total. The second kappa shape index (κ2) is 6.78. The van der Waals surface area contributed by atoms with Gasteiger partial charge in [0.1, 0.15) is 0 Å². The number of aromatic carboxylic acids is 1. The molecule has 0 heterocycles. The number of nitrogens with zero attached hydrogens (tertiary/aromatic N) is 2. The van der Waals surface area contributed by atoms with Crippen LogP contribution in [-0.4, -0.2) is 36.1 Å². The van der Waals surface area contributed by atoms with E-state index in [0.29, 0.717) is 0 Å². The second-order valence-corrected chi connectivity index (χ2v) is 5.08. The fourth-order valence-electron chi connectivity index (χ4n) is 1.93. The summed E-state index contributed by atoms with van der Waals surface area (Å²) in [5.41, 5.74) is 0.241. The number of ether oxygens (including phenoxy) is 1. The van der Waals surface area contributed by atoms with Gasteiger partial charge in [-0.1, -0.05) is 0 Å². The molecule has 2 aromatic carbocycles. The van der Waals surface area contributed by atoms with E-state index in [1.165, 1.54) is 12.1 Å². The molecule has 124 valence electrons. The largest absolute Gasteiger partial charge is 0.478 e. The van der Waals surface area contributed by atoms with Crippen molar-refractivity contribution in [2.24, 2.45) is 0 Å². The number of carboxylic acids is 1. The van der Waals surface area contributed by atoms with Crippen molar-refractivity contribution in [1.82, 2.24) is 0 Å². The van der Waals surface area contributed by atoms with E-state index in [4.69, 9.17) is 9.84 Å². The lowest BCUT2D eigenvalue weighted by Crippen LogP contribution is -2.12. The maximum absolute atomic E-state index is 12.1. The number of nitro benzene ring substituents is 1. The second-order valence-electron chi connectivity index (χ2n) is 5.08. The first-order valence-corrected chi connectivity index (χ1v) is 6.81. The Morgan fingerprint density at radius 2 is 1.67 bits per heavy atom. The van der Waals surface area contributed by atoms with Crippen molar-refractivity contribution < 1.29 is 24.4 Å². The van der Waals surface area contributed by atoms with E-state index < -0.39 is 22.5 Å². The van der Waals surface area contributed by atoms with Crippen LogP contribution in [0.3, 0.4) is 0 Å². The normalized spacial score (nSPS) is 10.1. The zero-order valence-corrected chi connectivity index (χ0v) is 12.9. The van der Waals surface area contributed by atoms with Gasteiger partial charge in [-0.25, -0.2) is 9.59 Å². The number of carboxylic acid groups (broad SMARTS) is 1. The van der Waals surface area contributed by atoms with E-state index in [2.05, 4.69) is 0 Å². The minimum absolute atomic E-state index is 0.220. The number of hydrogen-bond donors (Lipinski definition) is 1. The first kappa shape index (κ1) is 16.9. The van der Waals surface area contributed by atoms with Crippen LogP contribution in [0.2, 0.25) is 0 Å².